The average Bonchev–Trinajstić information content (AvgIpc) is 2.38. The number of pyridine rings is 1. The van der Waals surface area contributed by atoms with Gasteiger partial charge in [-0.05, 0) is 24.3 Å². The van der Waals surface area contributed by atoms with Crippen LogP contribution in [0.1, 0.15) is 5.56 Å². The van der Waals surface area contributed by atoms with Gasteiger partial charge in [-0.15, -0.1) is 0 Å². The summed E-state index contributed by atoms with van der Waals surface area (Å²) in [5.74, 6) is 1.03. The van der Waals surface area contributed by atoms with Gasteiger partial charge in [0, 0.05) is 37.4 Å². The summed E-state index contributed by atoms with van der Waals surface area (Å²) in [5.41, 5.74) is 1.57. The molecule has 0 saturated heterocycles. The quantitative estimate of drug-likeness (QED) is 0.901. The van der Waals surface area contributed by atoms with Crippen LogP contribution in [0.15, 0.2) is 36.5 Å². The highest BCUT2D eigenvalue weighted by atomic mass is 35.5. The summed E-state index contributed by atoms with van der Waals surface area (Å²) in [5, 5.41) is 13.6. The van der Waals surface area contributed by atoms with E-state index < -0.39 is 0 Å². The molecule has 0 saturated carbocycles. The Bertz CT molecular complexity index is 552. The molecule has 19 heavy (non-hydrogen) atoms. The molecule has 1 aromatic heterocycles. The molecule has 0 bridgehead atoms. The molecular formula is C14H16ClN3O. The Labute approximate surface area is 117 Å². The fourth-order valence-electron chi connectivity index (χ4n) is 1.80. The SMILES string of the molecule is CN(C)c1ncccc1NCc1c(O)cccc1Cl. The third kappa shape index (κ3) is 3.09. The Kier molecular flexibility index (Phi) is 4.12. The van der Waals surface area contributed by atoms with Gasteiger partial charge in [0.15, 0.2) is 5.82 Å². The molecule has 2 aromatic rings. The smallest absolute Gasteiger partial charge is 0.151 e. The summed E-state index contributed by atoms with van der Waals surface area (Å²) in [7, 11) is 3.86. The van der Waals surface area contributed by atoms with Crippen LogP contribution in [0.25, 0.3) is 0 Å². The topological polar surface area (TPSA) is 48.4 Å². The Morgan fingerprint density at radius 3 is 2.74 bits per heavy atom. The highest BCUT2D eigenvalue weighted by Gasteiger charge is 2.08. The number of hydrogen-bond donors (Lipinski definition) is 2. The first kappa shape index (κ1) is 13.5. The van der Waals surface area contributed by atoms with E-state index in [4.69, 9.17) is 11.6 Å². The van der Waals surface area contributed by atoms with Gasteiger partial charge >= 0.3 is 0 Å². The van der Waals surface area contributed by atoms with E-state index in [1.807, 2.05) is 31.1 Å². The molecule has 0 aliphatic rings. The van der Waals surface area contributed by atoms with Crippen molar-refractivity contribution < 1.29 is 5.11 Å². The molecule has 2 N–H and O–H groups in total. The molecular weight excluding hydrogens is 262 g/mol. The first-order chi connectivity index (χ1) is 9.09. The number of anilines is 2. The lowest BCUT2D eigenvalue weighted by Crippen LogP contribution is -2.13. The van der Waals surface area contributed by atoms with E-state index in [1.54, 1.807) is 24.4 Å². The zero-order chi connectivity index (χ0) is 13.8. The van der Waals surface area contributed by atoms with Crippen molar-refractivity contribution in [2.45, 2.75) is 6.54 Å². The summed E-state index contributed by atoms with van der Waals surface area (Å²) in [6, 6.07) is 8.90. The summed E-state index contributed by atoms with van der Waals surface area (Å²) in [6.45, 7) is 0.442. The maximum atomic E-state index is 9.80. The predicted molar refractivity (Wildman–Crippen MR) is 79.0 cm³/mol. The van der Waals surface area contributed by atoms with Gasteiger partial charge < -0.3 is 15.3 Å². The molecule has 0 amide bonds. The van der Waals surface area contributed by atoms with Gasteiger partial charge in [0.05, 0.1) is 5.69 Å². The molecule has 0 aliphatic carbocycles. The van der Waals surface area contributed by atoms with Gasteiger partial charge in [0.1, 0.15) is 5.75 Å². The number of aromatic nitrogens is 1. The minimum absolute atomic E-state index is 0.190. The lowest BCUT2D eigenvalue weighted by atomic mass is 10.2. The van der Waals surface area contributed by atoms with Crippen LogP contribution in [0, 0.1) is 0 Å². The van der Waals surface area contributed by atoms with Crippen molar-refractivity contribution >= 4 is 23.1 Å². The van der Waals surface area contributed by atoms with Crippen LogP contribution in [0.2, 0.25) is 5.02 Å². The highest BCUT2D eigenvalue weighted by Crippen LogP contribution is 2.27. The second-order valence-corrected chi connectivity index (χ2v) is 4.77. The summed E-state index contributed by atoms with van der Waals surface area (Å²) < 4.78 is 0. The average molecular weight is 278 g/mol. The van der Waals surface area contributed by atoms with Crippen molar-refractivity contribution in [2.75, 3.05) is 24.3 Å². The van der Waals surface area contributed by atoms with Gasteiger partial charge in [-0.1, -0.05) is 17.7 Å². The van der Waals surface area contributed by atoms with Crippen LogP contribution in [-0.2, 0) is 6.54 Å². The van der Waals surface area contributed by atoms with Crippen molar-refractivity contribution in [1.29, 1.82) is 0 Å². The van der Waals surface area contributed by atoms with Crippen molar-refractivity contribution in [3.8, 4) is 5.75 Å². The number of rotatable bonds is 4. The molecule has 2 rings (SSSR count). The van der Waals surface area contributed by atoms with Gasteiger partial charge in [0.2, 0.25) is 0 Å². The van der Waals surface area contributed by atoms with Crippen molar-refractivity contribution in [3.05, 3.63) is 47.1 Å². The van der Waals surface area contributed by atoms with Crippen molar-refractivity contribution in [2.24, 2.45) is 0 Å². The van der Waals surface area contributed by atoms with Crippen LogP contribution in [0.4, 0.5) is 11.5 Å². The fraction of sp³-hybridized carbons (Fsp3) is 0.214. The molecule has 0 spiro atoms. The maximum absolute atomic E-state index is 9.80. The van der Waals surface area contributed by atoms with Crippen LogP contribution < -0.4 is 10.2 Å². The summed E-state index contributed by atoms with van der Waals surface area (Å²) in [6.07, 6.45) is 1.74. The maximum Gasteiger partial charge on any atom is 0.151 e. The number of aromatic hydroxyl groups is 1. The second kappa shape index (κ2) is 5.80. The van der Waals surface area contributed by atoms with E-state index in [1.165, 1.54) is 0 Å². The zero-order valence-electron chi connectivity index (χ0n) is 10.9. The van der Waals surface area contributed by atoms with E-state index in [-0.39, 0.29) is 5.75 Å². The lowest BCUT2D eigenvalue weighted by Gasteiger charge is -2.17. The van der Waals surface area contributed by atoms with Gasteiger partial charge in [-0.3, -0.25) is 0 Å². The molecule has 5 heteroatoms. The van der Waals surface area contributed by atoms with Gasteiger partial charge in [0.25, 0.3) is 0 Å². The first-order valence-corrected chi connectivity index (χ1v) is 6.30. The Morgan fingerprint density at radius 2 is 2.05 bits per heavy atom. The molecule has 1 heterocycles. The minimum atomic E-state index is 0.190. The minimum Gasteiger partial charge on any atom is -0.508 e. The van der Waals surface area contributed by atoms with E-state index in [2.05, 4.69) is 10.3 Å². The third-order valence-corrected chi connectivity index (χ3v) is 3.11. The molecule has 0 fully saturated rings. The van der Waals surface area contributed by atoms with Gasteiger partial charge in [-0.2, -0.15) is 0 Å². The third-order valence-electron chi connectivity index (χ3n) is 2.76. The number of nitrogens with one attached hydrogen (secondary N) is 1. The van der Waals surface area contributed by atoms with E-state index >= 15 is 0 Å². The van der Waals surface area contributed by atoms with Crippen LogP contribution >= 0.6 is 11.6 Å². The number of hydrogen-bond acceptors (Lipinski definition) is 4. The Hall–Kier alpha value is -1.94. The van der Waals surface area contributed by atoms with Crippen molar-refractivity contribution in [1.82, 2.24) is 4.98 Å². The number of benzene rings is 1. The van der Waals surface area contributed by atoms with E-state index in [9.17, 15) is 5.11 Å². The number of halogens is 1. The standard InChI is InChI=1S/C14H16ClN3O/c1-18(2)14-12(6-4-8-16-14)17-9-10-11(15)5-3-7-13(10)19/h3-8,17,19H,9H2,1-2H3. The Balaban J connectivity index is 2.19. The monoisotopic (exact) mass is 277 g/mol. The predicted octanol–water partition coefficient (Wildman–Crippen LogP) is 3.12. The van der Waals surface area contributed by atoms with Crippen LogP contribution in [0.5, 0.6) is 5.75 Å². The van der Waals surface area contributed by atoms with Crippen LogP contribution in [-0.4, -0.2) is 24.2 Å². The van der Waals surface area contributed by atoms with Crippen molar-refractivity contribution in [3.63, 3.8) is 0 Å². The molecule has 100 valence electrons. The lowest BCUT2D eigenvalue weighted by molar-refractivity contribution is 0.469. The molecule has 0 radical (unpaired) electrons. The number of nitrogens with zero attached hydrogens (tertiary/aromatic N) is 2. The number of phenolic OH excluding ortho intramolecular Hbond substituents is 1. The molecule has 1 aromatic carbocycles. The summed E-state index contributed by atoms with van der Waals surface area (Å²) in [4.78, 5) is 6.23. The largest absolute Gasteiger partial charge is 0.508 e. The first-order valence-electron chi connectivity index (χ1n) is 5.92. The molecule has 0 unspecified atom stereocenters. The molecule has 4 nitrogen and oxygen atoms in total. The van der Waals surface area contributed by atoms with Crippen LogP contribution in [0.3, 0.4) is 0 Å². The van der Waals surface area contributed by atoms with Gasteiger partial charge in [-0.25, -0.2) is 4.98 Å². The Morgan fingerprint density at radius 1 is 1.26 bits per heavy atom. The molecule has 0 aliphatic heterocycles. The normalized spacial score (nSPS) is 10.3. The number of phenols is 1. The highest BCUT2D eigenvalue weighted by molar-refractivity contribution is 6.31. The van der Waals surface area contributed by atoms with E-state index in [0.29, 0.717) is 17.1 Å². The summed E-state index contributed by atoms with van der Waals surface area (Å²) >= 11 is 6.07. The second-order valence-electron chi connectivity index (χ2n) is 4.36. The fourth-order valence-corrected chi connectivity index (χ4v) is 2.03. The molecule has 0 atom stereocenters. The zero-order valence-corrected chi connectivity index (χ0v) is 11.6. The van der Waals surface area contributed by atoms with E-state index in [0.717, 1.165) is 11.5 Å².